The van der Waals surface area contributed by atoms with E-state index in [-0.39, 0.29) is 21.0 Å². The number of hydrogen-bond donors (Lipinski definition) is 0. The van der Waals surface area contributed by atoms with E-state index in [0.717, 1.165) is 0 Å². The van der Waals surface area contributed by atoms with E-state index >= 15 is 0 Å². The zero-order chi connectivity index (χ0) is 4.95. The number of allylic oxidation sites excluding steroid dienone is 3. The Morgan fingerprint density at radius 1 is 1.43 bits per heavy atom. The molecule has 0 saturated carbocycles. The van der Waals surface area contributed by atoms with Crippen LogP contribution in [-0.4, -0.2) is 9.88 Å². The Bertz CT molecular complexity index is 145. The van der Waals surface area contributed by atoms with Crippen LogP contribution in [0, 0.1) is 0 Å². The quantitative estimate of drug-likeness (QED) is 0.531. The minimum absolute atomic E-state index is 0.111. The molecule has 0 aromatic carbocycles. The smallest absolute Gasteiger partial charge is 0.0767 e. The summed E-state index contributed by atoms with van der Waals surface area (Å²) < 4.78 is 7.07. The van der Waals surface area contributed by atoms with Gasteiger partial charge in [0.1, 0.15) is 0 Å². The van der Waals surface area contributed by atoms with Crippen molar-refractivity contribution in [3.05, 3.63) is 18.2 Å². The lowest BCUT2D eigenvalue weighted by molar-refractivity contribution is 2.05. The summed E-state index contributed by atoms with van der Waals surface area (Å²) in [5.74, 6) is 0. The number of nitrogens with zero attached hydrogens (tertiary/aromatic N) is 1. The molecule has 0 fully saturated rings. The molecule has 0 atom stereocenters. The van der Waals surface area contributed by atoms with Crippen molar-refractivity contribution in [3.63, 3.8) is 0 Å². The average molecular weight is 205 g/mol. The zero-order valence-corrected chi connectivity index (χ0v) is 5.79. The molecule has 0 bridgehead atoms. The fraction of sp³-hybridized carbons (Fsp3) is 0. The van der Waals surface area contributed by atoms with Crippen LogP contribution in [0.15, 0.2) is 21.4 Å². The van der Waals surface area contributed by atoms with E-state index in [0.29, 0.717) is 0 Å². The van der Waals surface area contributed by atoms with Gasteiger partial charge in [0.05, 0.1) is 21.0 Å². The van der Waals surface area contributed by atoms with Gasteiger partial charge in [0.2, 0.25) is 0 Å². The van der Waals surface area contributed by atoms with Gasteiger partial charge in [-0.15, -0.1) is 0 Å². The second kappa shape index (κ2) is 2.88. The average Bonchev–Trinajstić information content (AvgIpc) is 1.90. The third kappa shape index (κ3) is 1.80. The highest BCUT2D eigenvalue weighted by molar-refractivity contribution is 14.2. The molecule has 0 aromatic heterocycles. The van der Waals surface area contributed by atoms with Crippen LogP contribution in [-0.2, 0) is 0 Å². The molecule has 36 valence electrons. The van der Waals surface area contributed by atoms with Gasteiger partial charge in [-0.3, -0.25) is 0 Å². The molecule has 7 heavy (non-hydrogen) atoms. The third-order valence-corrected chi connectivity index (χ3v) is 1.75. The fourth-order valence-corrected chi connectivity index (χ4v) is 1.13. The fourth-order valence-electron chi connectivity index (χ4n) is 0.259. The minimum Gasteiger partial charge on any atom is -0.222 e. The molecule has 0 aromatic rings. The van der Waals surface area contributed by atoms with Crippen molar-refractivity contribution < 1.29 is 0 Å². The van der Waals surface area contributed by atoms with Crippen LogP contribution in [0.4, 0.5) is 0 Å². The summed E-state index contributed by atoms with van der Waals surface area (Å²) in [4.78, 5) is 0. The maximum Gasteiger partial charge on any atom is 0.0767 e. The second-order valence-electron chi connectivity index (χ2n) is 0.992. The lowest BCUT2D eigenvalue weighted by atomic mass is 10.5. The van der Waals surface area contributed by atoms with Crippen molar-refractivity contribution in [2.75, 3.05) is 0 Å². The highest BCUT2D eigenvalue weighted by Gasteiger charge is 1.64. The second-order valence-corrected chi connectivity index (χ2v) is 2.65. The van der Waals surface area contributed by atoms with Gasteiger partial charge in [-0.1, -0.05) is 9.74 Å². The van der Waals surface area contributed by atoms with Crippen LogP contribution in [0.1, 0.15) is 0 Å². The Morgan fingerprint density at radius 3 is 3.43 bits per heavy atom. The van der Waals surface area contributed by atoms with Crippen LogP contribution in [0.5, 0.6) is 0 Å². The molecule has 0 saturated heterocycles. The van der Waals surface area contributed by atoms with E-state index in [9.17, 15) is 0 Å². The Kier molecular flexibility index (Phi) is 2.03. The lowest BCUT2D eigenvalue weighted by Gasteiger charge is -1.60. The Balaban J connectivity index is 2.86. The predicted octanol–water partition coefficient (Wildman–Crippen LogP) is 1.47. The van der Waals surface area contributed by atoms with E-state index in [1.165, 1.54) is 0 Å². The maximum absolute atomic E-state index is 4.03. The number of halogens is 1. The summed E-state index contributed by atoms with van der Waals surface area (Å²) in [6, 6.07) is 0. The number of hydrogen-bond acceptors (Lipinski definition) is 1. The molecular weight excluding hydrogens is 201 g/mol. The molecule has 1 nitrogen and oxygen atoms in total. The van der Waals surface area contributed by atoms with Gasteiger partial charge in [-0.05, 0) is 12.2 Å². The minimum atomic E-state index is -0.111. The van der Waals surface area contributed by atoms with Gasteiger partial charge >= 0.3 is 0 Å². The molecule has 1 rings (SSSR count). The predicted molar refractivity (Wildman–Crippen MR) is 41.2 cm³/mol. The van der Waals surface area contributed by atoms with E-state index in [4.69, 9.17) is 0 Å². The van der Waals surface area contributed by atoms with Crippen molar-refractivity contribution in [2.45, 2.75) is 0 Å². The van der Waals surface area contributed by atoms with Crippen molar-refractivity contribution in [1.29, 1.82) is 0 Å². The largest absolute Gasteiger partial charge is 0.222 e. The van der Waals surface area contributed by atoms with Gasteiger partial charge in [0.15, 0.2) is 0 Å². The summed E-state index contributed by atoms with van der Waals surface area (Å²) in [7, 11) is 0. The summed E-state index contributed by atoms with van der Waals surface area (Å²) in [5.41, 5.74) is 0. The van der Waals surface area contributed by atoms with Crippen molar-refractivity contribution in [1.82, 2.24) is 0 Å². The summed E-state index contributed by atoms with van der Waals surface area (Å²) in [6.07, 6.45) is 7.60. The first-order valence-electron chi connectivity index (χ1n) is 1.90. The summed E-state index contributed by atoms with van der Waals surface area (Å²) >= 11 is -0.111. The Hall–Kier alpha value is -0.210. The molecular formula is C5H4IN. The topological polar surface area (TPSA) is 12.4 Å². The molecule has 0 N–H and O–H groups in total. The molecule has 0 amide bonds. The first-order chi connectivity index (χ1) is 3.50. The molecule has 1 aliphatic heterocycles. The van der Waals surface area contributed by atoms with E-state index < -0.39 is 0 Å². The van der Waals surface area contributed by atoms with Crippen molar-refractivity contribution in [3.8, 4) is 0 Å². The van der Waals surface area contributed by atoms with Gasteiger partial charge in [0.25, 0.3) is 0 Å². The molecule has 0 spiro atoms. The van der Waals surface area contributed by atoms with Gasteiger partial charge < -0.3 is 0 Å². The Morgan fingerprint density at radius 2 is 2.43 bits per heavy atom. The first kappa shape index (κ1) is 4.94. The standard InChI is InChI=1S/C5H4IN/c1-2-4-6-7-5-3-1/h1-3,5H. The molecule has 2 heteroatoms. The van der Waals surface area contributed by atoms with Crippen molar-refractivity contribution >= 4 is 30.9 Å². The molecule has 0 unspecified atom stereocenters. The van der Waals surface area contributed by atoms with Crippen LogP contribution in [0.2, 0.25) is 0 Å². The van der Waals surface area contributed by atoms with Gasteiger partial charge in [0, 0.05) is 6.21 Å². The van der Waals surface area contributed by atoms with Crippen LogP contribution >= 0.6 is 21.0 Å². The summed E-state index contributed by atoms with van der Waals surface area (Å²) in [5, 5.41) is 0. The monoisotopic (exact) mass is 205 g/mol. The molecule has 0 radical (unpaired) electrons. The first-order valence-corrected chi connectivity index (χ1v) is 3.95. The van der Waals surface area contributed by atoms with Gasteiger partial charge in [-0.2, -0.15) is 0 Å². The molecule has 1 aliphatic rings. The van der Waals surface area contributed by atoms with E-state index in [1.54, 1.807) is 0 Å². The van der Waals surface area contributed by atoms with Crippen LogP contribution in [0.3, 0.4) is 0 Å². The van der Waals surface area contributed by atoms with E-state index in [2.05, 4.69) is 6.87 Å². The zero-order valence-electron chi connectivity index (χ0n) is 3.63. The van der Waals surface area contributed by atoms with Crippen LogP contribution in [0.25, 0.3) is 0 Å². The maximum atomic E-state index is 4.03. The molecule has 1 heterocycles. The lowest BCUT2D eigenvalue weighted by Crippen LogP contribution is -1.51. The summed E-state index contributed by atoms with van der Waals surface area (Å²) in [6.45, 7) is 0. The highest BCUT2D eigenvalue weighted by atomic mass is 127. The van der Waals surface area contributed by atoms with Crippen LogP contribution < -0.4 is 0 Å². The number of rotatable bonds is 0. The van der Waals surface area contributed by atoms with Crippen molar-refractivity contribution in [2.24, 2.45) is 3.21 Å². The normalized spacial score (nSPS) is 16.0. The molecule has 0 aliphatic carbocycles. The highest BCUT2D eigenvalue weighted by Crippen LogP contribution is 1.94. The van der Waals surface area contributed by atoms with Gasteiger partial charge in [-0.25, -0.2) is 3.21 Å². The Labute approximate surface area is 52.6 Å². The van der Waals surface area contributed by atoms with E-state index in [1.807, 2.05) is 24.4 Å². The third-order valence-electron chi connectivity index (χ3n) is 0.510. The SMILES string of the molecule is C1=CC=CC=NI=1.